The Bertz CT molecular complexity index is 1760. The summed E-state index contributed by atoms with van der Waals surface area (Å²) >= 11 is 0. The average Bonchev–Trinajstić information content (AvgIpc) is 3.08. The highest BCUT2D eigenvalue weighted by atomic mass is 16.3. The first-order valence-electron chi connectivity index (χ1n) is 15.4. The van der Waals surface area contributed by atoms with Gasteiger partial charge in [0.1, 0.15) is 18.0 Å². The molecule has 2 heterocycles. The lowest BCUT2D eigenvalue weighted by Crippen LogP contribution is -2.69. The predicted molar refractivity (Wildman–Crippen MR) is 179 cm³/mol. The van der Waals surface area contributed by atoms with Gasteiger partial charge in [-0.1, -0.05) is 66.7 Å². The van der Waals surface area contributed by atoms with Gasteiger partial charge in [-0.05, 0) is 52.6 Å². The molecule has 11 heteroatoms. The Morgan fingerprint density at radius 1 is 0.936 bits per heavy atom. The van der Waals surface area contributed by atoms with Gasteiger partial charge < -0.3 is 35.8 Å². The van der Waals surface area contributed by atoms with Crippen LogP contribution in [0.15, 0.2) is 115 Å². The van der Waals surface area contributed by atoms with Crippen LogP contribution in [0.1, 0.15) is 16.7 Å². The highest BCUT2D eigenvalue weighted by molar-refractivity contribution is 5.91. The maximum Gasteiger partial charge on any atom is 0.316 e. The number of pyridine rings is 1. The summed E-state index contributed by atoms with van der Waals surface area (Å²) in [5.41, 5.74) is 3.40. The SMILES string of the molecule is C=CCNCC(=O)N1[C@@H](NC(=O)NCc2ccccc2)CN(Cc2cccc(-c3ccc[nH]c3=O)c2)C(=O)[C@@H]1Cc1ccc(O)cc1. The van der Waals surface area contributed by atoms with Gasteiger partial charge in [0.05, 0.1) is 13.1 Å². The molecule has 242 valence electrons. The zero-order valence-electron chi connectivity index (χ0n) is 25.9. The number of aromatic amines is 1. The minimum Gasteiger partial charge on any atom is -0.508 e. The number of nitrogens with zero attached hydrogens (tertiary/aromatic N) is 2. The summed E-state index contributed by atoms with van der Waals surface area (Å²) in [7, 11) is 0. The third kappa shape index (κ3) is 8.53. The van der Waals surface area contributed by atoms with E-state index in [4.69, 9.17) is 0 Å². The van der Waals surface area contributed by atoms with E-state index in [-0.39, 0.29) is 55.7 Å². The quantitative estimate of drug-likeness (QED) is 0.120. The van der Waals surface area contributed by atoms with E-state index >= 15 is 0 Å². The number of hydrogen-bond acceptors (Lipinski definition) is 6. The highest BCUT2D eigenvalue weighted by Gasteiger charge is 2.43. The van der Waals surface area contributed by atoms with Gasteiger partial charge in [-0.2, -0.15) is 0 Å². The van der Waals surface area contributed by atoms with Gasteiger partial charge in [-0.25, -0.2) is 4.79 Å². The zero-order chi connectivity index (χ0) is 33.2. The lowest BCUT2D eigenvalue weighted by Gasteiger charge is -2.46. The van der Waals surface area contributed by atoms with E-state index in [1.807, 2.05) is 54.6 Å². The zero-order valence-corrected chi connectivity index (χ0v) is 25.9. The van der Waals surface area contributed by atoms with Crippen LogP contribution in [-0.4, -0.2) is 69.6 Å². The van der Waals surface area contributed by atoms with E-state index in [9.17, 15) is 24.3 Å². The number of aromatic hydroxyl groups is 1. The number of aromatic nitrogens is 1. The fourth-order valence-corrected chi connectivity index (χ4v) is 5.64. The fourth-order valence-electron chi connectivity index (χ4n) is 5.64. The van der Waals surface area contributed by atoms with Crippen molar-refractivity contribution < 1.29 is 19.5 Å². The first-order valence-corrected chi connectivity index (χ1v) is 15.4. The number of H-pyrrole nitrogens is 1. The first-order chi connectivity index (χ1) is 22.8. The molecule has 4 aromatic rings. The Morgan fingerprint density at radius 3 is 2.45 bits per heavy atom. The van der Waals surface area contributed by atoms with Crippen LogP contribution in [0.2, 0.25) is 0 Å². The van der Waals surface area contributed by atoms with Gasteiger partial charge in [0.2, 0.25) is 11.8 Å². The Balaban J connectivity index is 1.45. The number of phenolic OH excluding ortho intramolecular Hbond substituents is 1. The topological polar surface area (TPSA) is 147 Å². The van der Waals surface area contributed by atoms with Crippen molar-refractivity contribution in [3.63, 3.8) is 0 Å². The Hall–Kier alpha value is -5.68. The van der Waals surface area contributed by atoms with Crippen LogP contribution in [0.5, 0.6) is 5.75 Å². The largest absolute Gasteiger partial charge is 0.508 e. The van der Waals surface area contributed by atoms with Crippen LogP contribution in [0.4, 0.5) is 4.79 Å². The molecule has 0 radical (unpaired) electrons. The molecule has 1 fully saturated rings. The van der Waals surface area contributed by atoms with E-state index in [1.54, 1.807) is 41.4 Å². The van der Waals surface area contributed by atoms with Crippen molar-refractivity contribution in [2.75, 3.05) is 19.6 Å². The molecule has 0 spiro atoms. The van der Waals surface area contributed by atoms with E-state index in [0.29, 0.717) is 17.7 Å². The molecule has 5 N–H and O–H groups in total. The predicted octanol–water partition coefficient (Wildman–Crippen LogP) is 3.13. The van der Waals surface area contributed by atoms with Crippen LogP contribution < -0.4 is 21.5 Å². The number of carbonyl (C=O) groups is 3. The summed E-state index contributed by atoms with van der Waals surface area (Å²) in [5, 5.41) is 18.7. The van der Waals surface area contributed by atoms with Crippen molar-refractivity contribution in [3.8, 4) is 16.9 Å². The molecule has 2 atom stereocenters. The second-order valence-corrected chi connectivity index (χ2v) is 11.3. The van der Waals surface area contributed by atoms with Crippen LogP contribution >= 0.6 is 0 Å². The van der Waals surface area contributed by atoms with Gasteiger partial charge in [-0.3, -0.25) is 14.4 Å². The average molecular weight is 635 g/mol. The van der Waals surface area contributed by atoms with Gasteiger partial charge >= 0.3 is 6.03 Å². The smallest absolute Gasteiger partial charge is 0.316 e. The Labute approximate surface area is 272 Å². The fraction of sp³-hybridized carbons (Fsp3) is 0.222. The maximum absolute atomic E-state index is 14.3. The van der Waals surface area contributed by atoms with Crippen LogP contribution in [0.25, 0.3) is 11.1 Å². The number of amides is 4. The summed E-state index contributed by atoms with van der Waals surface area (Å²) in [6.45, 7) is 4.50. The molecule has 0 bridgehead atoms. The van der Waals surface area contributed by atoms with Crippen molar-refractivity contribution in [1.82, 2.24) is 30.7 Å². The number of urea groups is 1. The number of nitrogens with one attached hydrogen (secondary N) is 4. The number of piperazine rings is 1. The number of benzene rings is 3. The number of rotatable bonds is 12. The molecule has 1 saturated heterocycles. The summed E-state index contributed by atoms with van der Waals surface area (Å²) in [6, 6.07) is 25.3. The molecule has 0 aliphatic carbocycles. The normalized spacial score (nSPS) is 16.0. The molecule has 4 amide bonds. The number of carbonyl (C=O) groups excluding carboxylic acids is 3. The molecule has 3 aromatic carbocycles. The molecular weight excluding hydrogens is 596 g/mol. The van der Waals surface area contributed by atoms with Gasteiger partial charge in [-0.15, -0.1) is 6.58 Å². The third-order valence-corrected chi connectivity index (χ3v) is 7.90. The highest BCUT2D eigenvalue weighted by Crippen LogP contribution is 2.24. The molecule has 47 heavy (non-hydrogen) atoms. The lowest BCUT2D eigenvalue weighted by molar-refractivity contribution is -0.157. The summed E-state index contributed by atoms with van der Waals surface area (Å²) in [4.78, 5) is 59.5. The molecule has 0 unspecified atom stereocenters. The van der Waals surface area contributed by atoms with Crippen LogP contribution in [-0.2, 0) is 29.1 Å². The summed E-state index contributed by atoms with van der Waals surface area (Å²) in [6.07, 6.45) is 2.50. The van der Waals surface area contributed by atoms with Crippen molar-refractivity contribution in [1.29, 1.82) is 0 Å². The van der Waals surface area contributed by atoms with Crippen LogP contribution in [0, 0.1) is 0 Å². The number of hydrogen-bond donors (Lipinski definition) is 5. The second kappa shape index (κ2) is 15.5. The molecule has 11 nitrogen and oxygen atoms in total. The lowest BCUT2D eigenvalue weighted by atomic mass is 9.98. The Kier molecular flexibility index (Phi) is 10.8. The van der Waals surface area contributed by atoms with E-state index in [1.165, 1.54) is 17.0 Å². The van der Waals surface area contributed by atoms with Crippen molar-refractivity contribution in [2.45, 2.75) is 31.7 Å². The summed E-state index contributed by atoms with van der Waals surface area (Å²) in [5.74, 6) is -0.568. The van der Waals surface area contributed by atoms with Gasteiger partial charge in [0.25, 0.3) is 5.56 Å². The first kappa shape index (κ1) is 32.7. The molecule has 1 aliphatic heterocycles. The van der Waals surface area contributed by atoms with E-state index < -0.39 is 18.2 Å². The molecular formula is C36H38N6O5. The van der Waals surface area contributed by atoms with E-state index in [0.717, 1.165) is 16.7 Å². The van der Waals surface area contributed by atoms with Crippen molar-refractivity contribution in [3.05, 3.63) is 137 Å². The standard InChI is InChI=1S/C36H38N6O5/c1-2-17-37-22-33(44)42-31(20-25-13-15-29(43)16-14-25)35(46)41(24-32(42)40-36(47)39-21-26-8-4-3-5-9-26)23-27-10-6-11-28(19-27)30-12-7-18-38-34(30)45/h2-16,18-19,31-32,37,43H,1,17,20-24H2,(H,38,45)(H2,39,40,47)/t31-,32+/m0/s1. The minimum atomic E-state index is -0.953. The van der Waals surface area contributed by atoms with Gasteiger partial charge in [0.15, 0.2) is 0 Å². The number of phenols is 1. The molecule has 1 aliphatic rings. The van der Waals surface area contributed by atoms with Gasteiger partial charge in [0, 0.05) is 37.8 Å². The maximum atomic E-state index is 14.3. The van der Waals surface area contributed by atoms with Crippen molar-refractivity contribution in [2.24, 2.45) is 0 Å². The molecule has 5 rings (SSSR count). The second-order valence-electron chi connectivity index (χ2n) is 11.3. The molecule has 0 saturated carbocycles. The minimum absolute atomic E-state index is 0.0347. The monoisotopic (exact) mass is 634 g/mol. The van der Waals surface area contributed by atoms with Crippen LogP contribution in [0.3, 0.4) is 0 Å². The molecule has 1 aromatic heterocycles. The van der Waals surface area contributed by atoms with Crippen molar-refractivity contribution >= 4 is 17.8 Å². The summed E-state index contributed by atoms with van der Waals surface area (Å²) < 4.78 is 0. The third-order valence-electron chi connectivity index (χ3n) is 7.90. The Morgan fingerprint density at radius 2 is 1.70 bits per heavy atom. The van der Waals surface area contributed by atoms with E-state index in [2.05, 4.69) is 27.5 Å².